The van der Waals surface area contributed by atoms with Crippen molar-refractivity contribution in [3.8, 4) is 0 Å². The zero-order valence-corrected chi connectivity index (χ0v) is 15.2. The Morgan fingerprint density at radius 1 is 1.12 bits per heavy atom. The van der Waals surface area contributed by atoms with Crippen molar-refractivity contribution in [1.29, 1.82) is 0 Å². The number of hydrogen-bond donors (Lipinski definition) is 2. The lowest BCUT2D eigenvalue weighted by molar-refractivity contribution is -0.127. The molecule has 1 saturated heterocycles. The van der Waals surface area contributed by atoms with Crippen LogP contribution in [0.15, 0.2) is 18.2 Å². The quantitative estimate of drug-likeness (QED) is 0.784. The Labute approximate surface area is 157 Å². The molecule has 1 aromatic carbocycles. The molecule has 1 saturated carbocycles. The second-order valence-electron chi connectivity index (χ2n) is 6.72. The van der Waals surface area contributed by atoms with Crippen LogP contribution in [0, 0.1) is 11.7 Å². The van der Waals surface area contributed by atoms with E-state index in [1.165, 1.54) is 12.1 Å². The van der Waals surface area contributed by atoms with Crippen molar-refractivity contribution in [3.05, 3.63) is 34.6 Å². The van der Waals surface area contributed by atoms with Crippen LogP contribution in [0.3, 0.4) is 0 Å². The summed E-state index contributed by atoms with van der Waals surface area (Å²) in [6.45, 7) is 3.44. The van der Waals surface area contributed by atoms with Gasteiger partial charge >= 0.3 is 0 Å². The van der Waals surface area contributed by atoms with Gasteiger partial charge in [0.05, 0.1) is 18.8 Å². The van der Waals surface area contributed by atoms with Gasteiger partial charge in [0.1, 0.15) is 5.82 Å². The van der Waals surface area contributed by atoms with Crippen LogP contribution in [0.5, 0.6) is 0 Å². The van der Waals surface area contributed by atoms with Gasteiger partial charge in [-0.25, -0.2) is 4.39 Å². The van der Waals surface area contributed by atoms with Crippen molar-refractivity contribution in [2.75, 3.05) is 26.3 Å². The van der Waals surface area contributed by atoms with E-state index < -0.39 is 11.7 Å². The van der Waals surface area contributed by atoms with Gasteiger partial charge in [-0.1, -0.05) is 11.6 Å². The summed E-state index contributed by atoms with van der Waals surface area (Å²) in [5.41, 5.74) is 4.54. The molecule has 1 aliphatic carbocycles. The van der Waals surface area contributed by atoms with Gasteiger partial charge in [-0.3, -0.25) is 25.3 Å². The lowest BCUT2D eigenvalue weighted by Gasteiger charge is -2.38. The maximum absolute atomic E-state index is 13.7. The molecule has 1 heterocycles. The summed E-state index contributed by atoms with van der Waals surface area (Å²) in [6, 6.07) is 4.27. The maximum atomic E-state index is 13.7. The lowest BCUT2D eigenvalue weighted by Crippen LogP contribution is -2.48. The average molecular weight is 384 g/mol. The summed E-state index contributed by atoms with van der Waals surface area (Å²) in [4.78, 5) is 26.7. The van der Waals surface area contributed by atoms with Crippen LogP contribution < -0.4 is 10.9 Å². The molecule has 8 heteroatoms. The number of rotatable bonds is 3. The van der Waals surface area contributed by atoms with Crippen molar-refractivity contribution in [3.63, 3.8) is 0 Å². The molecule has 2 N–H and O–H groups in total. The van der Waals surface area contributed by atoms with Gasteiger partial charge in [0.15, 0.2) is 0 Å². The van der Waals surface area contributed by atoms with Gasteiger partial charge in [-0.2, -0.15) is 0 Å². The number of carbonyl (C=O) groups excluding carboxylic acids is 2. The number of nitrogens with zero attached hydrogens (tertiary/aromatic N) is 1. The van der Waals surface area contributed by atoms with Crippen molar-refractivity contribution < 1.29 is 18.7 Å². The zero-order valence-electron chi connectivity index (χ0n) is 14.5. The maximum Gasteiger partial charge on any atom is 0.272 e. The van der Waals surface area contributed by atoms with Crippen LogP contribution in [0.2, 0.25) is 5.02 Å². The first kappa shape index (κ1) is 19.1. The summed E-state index contributed by atoms with van der Waals surface area (Å²) >= 11 is 5.67. The van der Waals surface area contributed by atoms with E-state index in [9.17, 15) is 14.0 Å². The fourth-order valence-electron chi connectivity index (χ4n) is 3.61. The standard InChI is InChI=1S/C18H23ClFN3O3/c19-13-3-6-15(16(20)11-13)18(25)22-21-17(24)12-1-4-14(5-2-12)23-7-9-26-10-8-23/h3,6,11-12,14H,1-2,4-5,7-10H2,(H,21,24)(H,22,25). The van der Waals surface area contributed by atoms with Crippen LogP contribution in [-0.2, 0) is 9.53 Å². The van der Waals surface area contributed by atoms with E-state index in [2.05, 4.69) is 15.8 Å². The van der Waals surface area contributed by atoms with E-state index in [-0.39, 0.29) is 22.4 Å². The second-order valence-corrected chi connectivity index (χ2v) is 7.16. The molecule has 2 aliphatic rings. The Morgan fingerprint density at radius 3 is 2.46 bits per heavy atom. The fourth-order valence-corrected chi connectivity index (χ4v) is 3.77. The highest BCUT2D eigenvalue weighted by Crippen LogP contribution is 2.28. The summed E-state index contributed by atoms with van der Waals surface area (Å²) in [7, 11) is 0. The molecule has 6 nitrogen and oxygen atoms in total. The third-order valence-corrected chi connectivity index (χ3v) is 5.34. The molecule has 0 atom stereocenters. The fraction of sp³-hybridized carbons (Fsp3) is 0.556. The smallest absolute Gasteiger partial charge is 0.272 e. The van der Waals surface area contributed by atoms with Crippen LogP contribution in [0.4, 0.5) is 4.39 Å². The van der Waals surface area contributed by atoms with Gasteiger partial charge in [-0.15, -0.1) is 0 Å². The number of hydrogen-bond acceptors (Lipinski definition) is 4. The van der Waals surface area contributed by atoms with Gasteiger partial charge in [0.2, 0.25) is 5.91 Å². The molecular weight excluding hydrogens is 361 g/mol. The highest BCUT2D eigenvalue weighted by molar-refractivity contribution is 6.30. The molecule has 26 heavy (non-hydrogen) atoms. The summed E-state index contributed by atoms with van der Waals surface area (Å²) in [6.07, 6.45) is 3.47. The van der Waals surface area contributed by atoms with Crippen molar-refractivity contribution in [2.24, 2.45) is 5.92 Å². The van der Waals surface area contributed by atoms with Gasteiger partial charge in [-0.05, 0) is 43.9 Å². The Balaban J connectivity index is 1.44. The molecule has 0 aromatic heterocycles. The average Bonchev–Trinajstić information content (AvgIpc) is 2.66. The SMILES string of the molecule is O=C(NNC(=O)C1CCC(N2CCOCC2)CC1)c1ccc(Cl)cc1F. The predicted octanol–water partition coefficient (Wildman–Crippen LogP) is 2.13. The molecule has 1 aromatic rings. The number of halogens is 2. The Bertz CT molecular complexity index is 659. The molecule has 0 spiro atoms. The van der Waals surface area contributed by atoms with Crippen LogP contribution in [0.1, 0.15) is 36.0 Å². The minimum Gasteiger partial charge on any atom is -0.379 e. The molecule has 142 valence electrons. The number of amides is 2. The third kappa shape index (κ3) is 4.72. The molecule has 0 unspecified atom stereocenters. The lowest BCUT2D eigenvalue weighted by atomic mass is 9.84. The Hall–Kier alpha value is -1.70. The summed E-state index contributed by atoms with van der Waals surface area (Å²) < 4.78 is 19.1. The number of nitrogens with one attached hydrogen (secondary N) is 2. The van der Waals surface area contributed by atoms with E-state index >= 15 is 0 Å². The van der Waals surface area contributed by atoms with Crippen molar-refractivity contribution in [1.82, 2.24) is 15.8 Å². The van der Waals surface area contributed by atoms with Crippen molar-refractivity contribution >= 4 is 23.4 Å². The molecule has 1 aliphatic heterocycles. The number of carbonyl (C=O) groups is 2. The monoisotopic (exact) mass is 383 g/mol. The highest BCUT2D eigenvalue weighted by atomic mass is 35.5. The van der Waals surface area contributed by atoms with Crippen molar-refractivity contribution in [2.45, 2.75) is 31.7 Å². The minimum atomic E-state index is -0.727. The van der Waals surface area contributed by atoms with E-state index in [0.717, 1.165) is 58.1 Å². The summed E-state index contributed by atoms with van der Waals surface area (Å²) in [5.74, 6) is -1.79. The first-order chi connectivity index (χ1) is 12.5. The molecule has 3 rings (SSSR count). The zero-order chi connectivity index (χ0) is 18.5. The van der Waals surface area contributed by atoms with Crippen LogP contribution in [-0.4, -0.2) is 49.1 Å². The van der Waals surface area contributed by atoms with Gasteiger partial charge in [0.25, 0.3) is 5.91 Å². The molecular formula is C18H23ClFN3O3. The van der Waals surface area contributed by atoms with E-state index in [0.29, 0.717) is 6.04 Å². The molecule has 0 radical (unpaired) electrons. The Morgan fingerprint density at radius 2 is 1.81 bits per heavy atom. The molecule has 0 bridgehead atoms. The Kier molecular flexibility index (Phi) is 6.45. The highest BCUT2D eigenvalue weighted by Gasteiger charge is 2.30. The first-order valence-electron chi connectivity index (χ1n) is 8.91. The predicted molar refractivity (Wildman–Crippen MR) is 95.2 cm³/mol. The van der Waals surface area contributed by atoms with Crippen LogP contribution >= 0.6 is 11.6 Å². The minimum absolute atomic E-state index is 0.136. The van der Waals surface area contributed by atoms with Crippen LogP contribution in [0.25, 0.3) is 0 Å². The number of benzene rings is 1. The number of morpholine rings is 1. The van der Waals surface area contributed by atoms with Gasteiger partial charge in [0, 0.05) is 30.1 Å². The number of ether oxygens (including phenoxy) is 1. The van der Waals surface area contributed by atoms with Gasteiger partial charge < -0.3 is 4.74 Å². The first-order valence-corrected chi connectivity index (χ1v) is 9.29. The second kappa shape index (κ2) is 8.79. The number of hydrazine groups is 1. The molecule has 2 fully saturated rings. The largest absolute Gasteiger partial charge is 0.379 e. The normalized spacial score (nSPS) is 24.1. The van der Waals surface area contributed by atoms with E-state index in [1.54, 1.807) is 0 Å². The topological polar surface area (TPSA) is 70.7 Å². The molecule has 2 amide bonds. The van der Waals surface area contributed by atoms with E-state index in [4.69, 9.17) is 16.3 Å². The third-order valence-electron chi connectivity index (χ3n) is 5.10. The summed E-state index contributed by atoms with van der Waals surface area (Å²) in [5, 5.41) is 0.208. The van der Waals surface area contributed by atoms with E-state index in [1.807, 2.05) is 0 Å².